The molecule has 1 saturated heterocycles. The number of nitrogens with zero attached hydrogens (tertiary/aromatic N) is 2. The molecule has 2 aromatic carbocycles. The summed E-state index contributed by atoms with van der Waals surface area (Å²) in [5, 5.41) is 10.7. The van der Waals surface area contributed by atoms with E-state index in [9.17, 15) is 30.0 Å². The van der Waals surface area contributed by atoms with Gasteiger partial charge in [-0.05, 0) is 17.7 Å². The number of amidine groups is 1. The summed E-state index contributed by atoms with van der Waals surface area (Å²) in [6.07, 6.45) is -4.73. The van der Waals surface area contributed by atoms with E-state index in [1.807, 2.05) is 5.53 Å². The lowest BCUT2D eigenvalue weighted by atomic mass is 9.96. The summed E-state index contributed by atoms with van der Waals surface area (Å²) in [4.78, 5) is 2.48. The number of hydrogen-bond acceptors (Lipinski definition) is 11. The number of fused-ring (bicyclic) bond motifs is 1. The van der Waals surface area contributed by atoms with Crippen molar-refractivity contribution in [3.05, 3.63) is 35.4 Å². The molecule has 2 heterocycles. The van der Waals surface area contributed by atoms with Crippen molar-refractivity contribution in [3.8, 4) is 11.1 Å². The van der Waals surface area contributed by atoms with Crippen LogP contribution in [0.25, 0.3) is 21.3 Å². The average molecular weight is 565 g/mol. The van der Waals surface area contributed by atoms with Crippen LogP contribution < -0.4 is 33.3 Å². The number of hydrogen-bond donors (Lipinski definition) is 6. The number of rotatable bonds is 6. The van der Waals surface area contributed by atoms with Crippen molar-refractivity contribution in [2.45, 2.75) is 21.2 Å². The van der Waals surface area contributed by atoms with E-state index in [1.165, 1.54) is 6.07 Å². The van der Waals surface area contributed by atoms with E-state index in [0.717, 1.165) is 18.2 Å². The maximum absolute atomic E-state index is 13.6. The highest BCUT2D eigenvalue weighted by atomic mass is 32.2. The zero-order valence-corrected chi connectivity index (χ0v) is 20.4. The summed E-state index contributed by atoms with van der Waals surface area (Å²) in [6, 6.07) is 4.02. The predicted molar refractivity (Wildman–Crippen MR) is 128 cm³/mol. The molecule has 1 fully saturated rings. The van der Waals surface area contributed by atoms with Crippen LogP contribution >= 0.6 is 11.3 Å². The van der Waals surface area contributed by atoms with Gasteiger partial charge >= 0.3 is 6.18 Å². The monoisotopic (exact) mass is 564 g/mol. The highest BCUT2D eigenvalue weighted by Crippen LogP contribution is 2.44. The van der Waals surface area contributed by atoms with Crippen LogP contribution in [0.15, 0.2) is 39.2 Å². The van der Waals surface area contributed by atoms with E-state index in [2.05, 4.69) is 15.4 Å². The summed E-state index contributed by atoms with van der Waals surface area (Å²) < 4.78 is 92.4. The minimum atomic E-state index is -4.79. The van der Waals surface area contributed by atoms with Crippen LogP contribution in [0.4, 0.5) is 18.3 Å². The predicted octanol–water partition coefficient (Wildman–Crippen LogP) is 0.0408. The van der Waals surface area contributed by atoms with Gasteiger partial charge in [-0.15, -0.1) is 5.10 Å². The first kappa shape index (κ1) is 26.0. The Kier molecular flexibility index (Phi) is 6.38. The van der Waals surface area contributed by atoms with Gasteiger partial charge < -0.3 is 16.8 Å². The number of hydrazine groups is 1. The van der Waals surface area contributed by atoms with Crippen LogP contribution in [0.2, 0.25) is 0 Å². The van der Waals surface area contributed by atoms with Gasteiger partial charge in [0.1, 0.15) is 4.90 Å². The fourth-order valence-corrected chi connectivity index (χ4v) is 7.89. The second kappa shape index (κ2) is 8.82. The molecule has 0 spiro atoms. The van der Waals surface area contributed by atoms with E-state index in [-0.39, 0.29) is 39.6 Å². The molecule has 12 nitrogen and oxygen atoms in total. The Morgan fingerprint density at radius 1 is 1.14 bits per heavy atom. The third-order valence-corrected chi connectivity index (χ3v) is 9.70. The Bertz CT molecular complexity index is 1610. The molecule has 36 heavy (non-hydrogen) atoms. The van der Waals surface area contributed by atoms with Crippen molar-refractivity contribution in [2.75, 3.05) is 18.8 Å². The van der Waals surface area contributed by atoms with Crippen molar-refractivity contribution in [2.24, 2.45) is 21.8 Å². The fraction of sp³-hybridized carbons (Fsp3) is 0.222. The zero-order valence-electron chi connectivity index (χ0n) is 18.0. The summed E-state index contributed by atoms with van der Waals surface area (Å²) >= 11 is 0.578. The molecule has 1 aliphatic heterocycles. The molecule has 1 aliphatic rings. The number of thiazole rings is 1. The summed E-state index contributed by atoms with van der Waals surface area (Å²) in [7, 11) is -9.01. The summed E-state index contributed by atoms with van der Waals surface area (Å²) in [5.41, 5.74) is 11.7. The SMILES string of the molecule is NN/N=C(\N)c1c(-c2ccc(C(F)(F)F)c3sc(N)nc23)ccc(S(=O)(=O)C2CNC2)c1S(N)(=O)=O. The smallest absolute Gasteiger partial charge is 0.382 e. The molecule has 0 amide bonds. The highest BCUT2D eigenvalue weighted by molar-refractivity contribution is 7.94. The number of aromatic nitrogens is 1. The number of anilines is 1. The fourth-order valence-electron chi connectivity index (χ4n) is 3.80. The molecule has 4 rings (SSSR count). The largest absolute Gasteiger partial charge is 0.417 e. The molecular weight excluding hydrogens is 545 g/mol. The van der Waals surface area contributed by atoms with Gasteiger partial charge in [0, 0.05) is 24.2 Å². The number of sulfonamides is 1. The average Bonchev–Trinajstić information content (AvgIpc) is 3.10. The molecule has 0 radical (unpaired) electrons. The van der Waals surface area contributed by atoms with Gasteiger partial charge in [-0.25, -0.2) is 38.3 Å². The molecule has 0 atom stereocenters. The minimum absolute atomic E-state index is 0.0183. The van der Waals surface area contributed by atoms with Crippen molar-refractivity contribution < 1.29 is 30.0 Å². The van der Waals surface area contributed by atoms with E-state index in [0.29, 0.717) is 11.3 Å². The molecule has 0 aliphatic carbocycles. The maximum atomic E-state index is 13.6. The van der Waals surface area contributed by atoms with Crippen LogP contribution in [-0.2, 0) is 26.0 Å². The lowest BCUT2D eigenvalue weighted by molar-refractivity contribution is -0.136. The topological polar surface area (TPSA) is 222 Å². The van der Waals surface area contributed by atoms with Crippen molar-refractivity contribution in [1.29, 1.82) is 0 Å². The number of sulfone groups is 1. The Morgan fingerprint density at radius 2 is 1.78 bits per heavy atom. The Balaban J connectivity index is 2.15. The number of nitrogens with one attached hydrogen (secondary N) is 2. The molecule has 18 heteroatoms. The summed E-state index contributed by atoms with van der Waals surface area (Å²) in [5.74, 6) is 4.62. The van der Waals surface area contributed by atoms with Crippen LogP contribution in [0, 0.1) is 0 Å². The lowest BCUT2D eigenvalue weighted by Crippen LogP contribution is -2.51. The number of alkyl halides is 3. The minimum Gasteiger partial charge on any atom is -0.382 e. The Labute approximate surface area is 206 Å². The molecule has 3 aromatic rings. The number of nitrogen functional groups attached to an aromatic ring is 1. The second-order valence-electron chi connectivity index (χ2n) is 7.70. The number of hydrazone groups is 1. The van der Waals surface area contributed by atoms with Gasteiger partial charge in [0.2, 0.25) is 10.0 Å². The van der Waals surface area contributed by atoms with Crippen molar-refractivity contribution >= 4 is 52.4 Å². The Hall–Kier alpha value is -3.03. The normalized spacial score (nSPS) is 15.8. The van der Waals surface area contributed by atoms with Gasteiger partial charge in [0.15, 0.2) is 20.8 Å². The van der Waals surface area contributed by atoms with Crippen LogP contribution in [0.3, 0.4) is 0 Å². The molecule has 0 unspecified atom stereocenters. The van der Waals surface area contributed by atoms with Gasteiger partial charge in [-0.2, -0.15) is 13.2 Å². The number of benzene rings is 2. The highest BCUT2D eigenvalue weighted by Gasteiger charge is 2.39. The van der Waals surface area contributed by atoms with Gasteiger partial charge in [-0.1, -0.05) is 23.5 Å². The first-order valence-corrected chi connectivity index (χ1v) is 13.8. The van der Waals surface area contributed by atoms with Crippen molar-refractivity contribution in [3.63, 3.8) is 0 Å². The standard InChI is InChI=1S/C18H19F3N8O4S3/c19-18(20,21)10-3-1-9(13-14(10)34-17(23)27-13)8-2-4-11(35(30,31)7-5-26-6-7)15(36(25,32)33)12(8)16(22)28-29-24/h1-4,7,26,29H,5-6,24H2,(H2,22,28)(H2,23,27)(H2,25,32,33). The second-order valence-corrected chi connectivity index (χ2v) is 12.4. The number of nitrogens with two attached hydrogens (primary N) is 4. The lowest BCUT2D eigenvalue weighted by Gasteiger charge is -2.28. The molecule has 194 valence electrons. The zero-order chi connectivity index (χ0) is 26.6. The summed E-state index contributed by atoms with van der Waals surface area (Å²) in [6.45, 7) is 0.157. The maximum Gasteiger partial charge on any atom is 0.417 e. The van der Waals surface area contributed by atoms with E-state index in [4.69, 9.17) is 22.4 Å². The van der Waals surface area contributed by atoms with Crippen molar-refractivity contribution in [1.82, 2.24) is 15.8 Å². The van der Waals surface area contributed by atoms with Gasteiger partial charge in [0.25, 0.3) is 0 Å². The Morgan fingerprint density at radius 3 is 2.31 bits per heavy atom. The van der Waals surface area contributed by atoms with E-state index in [1.54, 1.807) is 0 Å². The number of halogens is 3. The van der Waals surface area contributed by atoms with Gasteiger partial charge in [-0.3, -0.25) is 0 Å². The van der Waals surface area contributed by atoms with Crippen LogP contribution in [0.1, 0.15) is 11.1 Å². The first-order chi connectivity index (χ1) is 16.7. The van der Waals surface area contributed by atoms with Gasteiger partial charge in [0.05, 0.1) is 25.9 Å². The van der Waals surface area contributed by atoms with Crippen LogP contribution in [0.5, 0.6) is 0 Å². The molecule has 10 N–H and O–H groups in total. The quantitative estimate of drug-likeness (QED) is 0.102. The molecular formula is C18H19F3N8O4S3. The third kappa shape index (κ3) is 4.35. The molecule has 0 saturated carbocycles. The third-order valence-electron chi connectivity index (χ3n) is 5.49. The van der Waals surface area contributed by atoms with Crippen LogP contribution in [-0.4, -0.2) is 46.0 Å². The first-order valence-electron chi connectivity index (χ1n) is 9.88. The molecule has 1 aromatic heterocycles. The van der Waals surface area contributed by atoms with E-state index < -0.39 is 58.0 Å². The van der Waals surface area contributed by atoms with E-state index >= 15 is 0 Å². The molecule has 0 bridgehead atoms. The number of primary sulfonamides is 1.